The van der Waals surface area contributed by atoms with E-state index in [0.29, 0.717) is 6.54 Å². The van der Waals surface area contributed by atoms with Gasteiger partial charge in [-0.15, -0.1) is 0 Å². The lowest BCUT2D eigenvalue weighted by Crippen LogP contribution is -2.44. The summed E-state index contributed by atoms with van der Waals surface area (Å²) >= 11 is 0. The number of pyridine rings is 1. The summed E-state index contributed by atoms with van der Waals surface area (Å²) in [6.45, 7) is 4.55. The molecule has 0 aliphatic heterocycles. The van der Waals surface area contributed by atoms with Gasteiger partial charge < -0.3 is 10.2 Å². The van der Waals surface area contributed by atoms with E-state index < -0.39 is 11.6 Å². The van der Waals surface area contributed by atoms with Gasteiger partial charge in [-0.2, -0.15) is 0 Å². The summed E-state index contributed by atoms with van der Waals surface area (Å²) in [5, 5.41) is 2.87. The third kappa shape index (κ3) is 3.13. The fourth-order valence-corrected chi connectivity index (χ4v) is 1.00. The van der Waals surface area contributed by atoms with Crippen molar-refractivity contribution in [3.8, 4) is 0 Å². The van der Waals surface area contributed by atoms with E-state index in [9.17, 15) is 8.78 Å². The normalized spacial score (nSPS) is 11.9. The minimum atomic E-state index is -0.672. The lowest BCUT2D eigenvalue weighted by molar-refractivity contribution is 0.209. The van der Waals surface area contributed by atoms with Gasteiger partial charge in [0, 0.05) is 18.2 Å². The molecule has 90 valence electrons. The van der Waals surface area contributed by atoms with E-state index in [-0.39, 0.29) is 11.4 Å². The van der Waals surface area contributed by atoms with Crippen molar-refractivity contribution in [2.75, 3.05) is 26.0 Å². The third-order valence-corrected chi connectivity index (χ3v) is 2.71. The Labute approximate surface area is 94.5 Å². The average Bonchev–Trinajstić information content (AvgIpc) is 2.16. The summed E-state index contributed by atoms with van der Waals surface area (Å²) in [5.41, 5.74) is -0.136. The molecule has 1 aromatic heterocycles. The Hall–Kier alpha value is -1.23. The number of halogens is 2. The minimum Gasteiger partial charge on any atom is -0.366 e. The molecule has 0 saturated carbocycles. The molecule has 0 bridgehead atoms. The topological polar surface area (TPSA) is 28.2 Å². The molecule has 0 spiro atoms. The first kappa shape index (κ1) is 12.8. The molecular weight excluding hydrogens is 212 g/mol. The zero-order valence-electron chi connectivity index (χ0n) is 10.0. The summed E-state index contributed by atoms with van der Waals surface area (Å²) in [6, 6.07) is 0.817. The maximum atomic E-state index is 13.2. The largest absolute Gasteiger partial charge is 0.366 e. The molecule has 0 aliphatic rings. The number of hydrogen-bond donors (Lipinski definition) is 1. The van der Waals surface area contributed by atoms with E-state index in [2.05, 4.69) is 10.3 Å². The zero-order valence-corrected chi connectivity index (χ0v) is 10.0. The van der Waals surface area contributed by atoms with Crippen molar-refractivity contribution in [1.82, 2.24) is 9.88 Å². The number of rotatable bonds is 4. The number of hydrogen-bond acceptors (Lipinski definition) is 3. The highest BCUT2D eigenvalue weighted by Gasteiger charge is 2.20. The Morgan fingerprint density at radius 2 is 2.00 bits per heavy atom. The van der Waals surface area contributed by atoms with Crippen LogP contribution >= 0.6 is 0 Å². The number of nitrogens with one attached hydrogen (secondary N) is 1. The van der Waals surface area contributed by atoms with E-state index in [4.69, 9.17) is 0 Å². The highest BCUT2D eigenvalue weighted by atomic mass is 19.1. The predicted octanol–water partition coefficient (Wildman–Crippen LogP) is 2.11. The molecule has 1 rings (SSSR count). The van der Waals surface area contributed by atoms with Crippen molar-refractivity contribution in [3.63, 3.8) is 0 Å². The maximum Gasteiger partial charge on any atom is 0.168 e. The standard InChI is InChI=1S/C11H17F2N3/c1-11(2,16(3)4)7-15-10-9(13)5-8(12)6-14-10/h5-6H,7H2,1-4H3,(H,14,15). The van der Waals surface area contributed by atoms with Crippen molar-refractivity contribution in [1.29, 1.82) is 0 Å². The van der Waals surface area contributed by atoms with E-state index in [1.807, 2.05) is 32.8 Å². The van der Waals surface area contributed by atoms with Gasteiger partial charge in [0.05, 0.1) is 6.20 Å². The fourth-order valence-electron chi connectivity index (χ4n) is 1.00. The van der Waals surface area contributed by atoms with Gasteiger partial charge in [-0.3, -0.25) is 0 Å². The number of anilines is 1. The first-order chi connectivity index (χ1) is 7.33. The Kier molecular flexibility index (Phi) is 3.80. The number of likely N-dealkylation sites (N-methyl/N-ethyl adjacent to an activating group) is 1. The highest BCUT2D eigenvalue weighted by Crippen LogP contribution is 2.15. The van der Waals surface area contributed by atoms with Crippen LogP contribution in [0.15, 0.2) is 12.3 Å². The van der Waals surface area contributed by atoms with Gasteiger partial charge in [0.1, 0.15) is 5.82 Å². The molecule has 16 heavy (non-hydrogen) atoms. The Morgan fingerprint density at radius 1 is 1.38 bits per heavy atom. The van der Waals surface area contributed by atoms with Crippen LogP contribution in [0.3, 0.4) is 0 Å². The first-order valence-corrected chi connectivity index (χ1v) is 5.05. The van der Waals surface area contributed by atoms with Gasteiger partial charge in [0.15, 0.2) is 11.6 Å². The van der Waals surface area contributed by atoms with Gasteiger partial charge in [-0.05, 0) is 27.9 Å². The van der Waals surface area contributed by atoms with E-state index >= 15 is 0 Å². The van der Waals surface area contributed by atoms with Crippen molar-refractivity contribution in [3.05, 3.63) is 23.9 Å². The number of nitrogens with zero attached hydrogens (tertiary/aromatic N) is 2. The molecule has 0 aromatic carbocycles. The molecule has 0 unspecified atom stereocenters. The van der Waals surface area contributed by atoms with Crippen LogP contribution in [-0.4, -0.2) is 36.1 Å². The molecule has 1 heterocycles. The Bertz CT molecular complexity index is 364. The molecule has 0 saturated heterocycles. The second-order valence-corrected chi connectivity index (χ2v) is 4.54. The van der Waals surface area contributed by atoms with Crippen LogP contribution in [0.4, 0.5) is 14.6 Å². The molecule has 0 fully saturated rings. The van der Waals surface area contributed by atoms with Crippen molar-refractivity contribution >= 4 is 5.82 Å². The van der Waals surface area contributed by atoms with Crippen LogP contribution in [0.2, 0.25) is 0 Å². The molecule has 0 aliphatic carbocycles. The highest BCUT2D eigenvalue weighted by molar-refractivity contribution is 5.36. The second-order valence-electron chi connectivity index (χ2n) is 4.54. The summed E-state index contributed by atoms with van der Waals surface area (Å²) in [6.07, 6.45) is 0.994. The van der Waals surface area contributed by atoms with Crippen LogP contribution < -0.4 is 5.32 Å². The minimum absolute atomic E-state index is 0.0799. The van der Waals surface area contributed by atoms with Crippen LogP contribution in [-0.2, 0) is 0 Å². The molecule has 1 N–H and O–H groups in total. The average molecular weight is 229 g/mol. The Morgan fingerprint density at radius 3 is 2.50 bits per heavy atom. The monoisotopic (exact) mass is 229 g/mol. The third-order valence-electron chi connectivity index (χ3n) is 2.71. The van der Waals surface area contributed by atoms with Crippen molar-refractivity contribution < 1.29 is 8.78 Å². The van der Waals surface area contributed by atoms with Gasteiger partial charge in [-0.1, -0.05) is 0 Å². The van der Waals surface area contributed by atoms with E-state index in [0.717, 1.165) is 12.3 Å². The molecule has 3 nitrogen and oxygen atoms in total. The van der Waals surface area contributed by atoms with Crippen LogP contribution in [0, 0.1) is 11.6 Å². The summed E-state index contributed by atoms with van der Waals surface area (Å²) in [7, 11) is 3.88. The van der Waals surface area contributed by atoms with Crippen LogP contribution in [0.1, 0.15) is 13.8 Å². The summed E-state index contributed by atoms with van der Waals surface area (Å²) in [5.74, 6) is -1.26. The molecular formula is C11H17F2N3. The van der Waals surface area contributed by atoms with Crippen LogP contribution in [0.25, 0.3) is 0 Å². The molecule has 0 amide bonds. The second kappa shape index (κ2) is 4.74. The smallest absolute Gasteiger partial charge is 0.168 e. The fraction of sp³-hybridized carbons (Fsp3) is 0.545. The predicted molar refractivity (Wildman–Crippen MR) is 60.4 cm³/mol. The van der Waals surface area contributed by atoms with Crippen LogP contribution in [0.5, 0.6) is 0 Å². The van der Waals surface area contributed by atoms with Gasteiger partial charge >= 0.3 is 0 Å². The van der Waals surface area contributed by atoms with E-state index in [1.54, 1.807) is 0 Å². The quantitative estimate of drug-likeness (QED) is 0.857. The molecule has 1 aromatic rings. The molecule has 0 radical (unpaired) electrons. The van der Waals surface area contributed by atoms with E-state index in [1.165, 1.54) is 0 Å². The molecule has 0 atom stereocenters. The zero-order chi connectivity index (χ0) is 12.3. The van der Waals surface area contributed by atoms with Gasteiger partial charge in [0.2, 0.25) is 0 Å². The summed E-state index contributed by atoms with van der Waals surface area (Å²) in [4.78, 5) is 5.68. The SMILES string of the molecule is CN(C)C(C)(C)CNc1ncc(F)cc1F. The van der Waals surface area contributed by atoms with Gasteiger partial charge in [0.25, 0.3) is 0 Å². The van der Waals surface area contributed by atoms with Crippen molar-refractivity contribution in [2.45, 2.75) is 19.4 Å². The summed E-state index contributed by atoms with van der Waals surface area (Å²) < 4.78 is 25.9. The maximum absolute atomic E-state index is 13.2. The lowest BCUT2D eigenvalue weighted by atomic mass is 10.0. The van der Waals surface area contributed by atoms with Crippen molar-refractivity contribution in [2.24, 2.45) is 0 Å². The first-order valence-electron chi connectivity index (χ1n) is 5.05. The Balaban J connectivity index is 2.68. The van der Waals surface area contributed by atoms with Gasteiger partial charge in [-0.25, -0.2) is 13.8 Å². The molecule has 5 heteroatoms. The number of aromatic nitrogens is 1. The lowest BCUT2D eigenvalue weighted by Gasteiger charge is -2.32.